The predicted molar refractivity (Wildman–Crippen MR) is 185 cm³/mol. The Morgan fingerprint density at radius 2 is 1.39 bits per heavy atom. The molecular formula is C40H58IrNO2-. The molecule has 0 saturated heterocycles. The molecule has 0 fully saturated rings. The van der Waals surface area contributed by atoms with Crippen LogP contribution in [0.15, 0.2) is 54.3 Å². The maximum absolute atomic E-state index is 12.8. The molecule has 0 aliphatic rings. The number of aliphatic hydroxyl groups is 1. The summed E-state index contributed by atoms with van der Waals surface area (Å²) >= 11 is 0. The van der Waals surface area contributed by atoms with Gasteiger partial charge in [-0.1, -0.05) is 121 Å². The molecule has 3 rings (SSSR count). The van der Waals surface area contributed by atoms with Gasteiger partial charge in [0.1, 0.15) is 5.76 Å². The van der Waals surface area contributed by atoms with Gasteiger partial charge in [-0.2, -0.15) is 0 Å². The van der Waals surface area contributed by atoms with Crippen LogP contribution in [0.3, 0.4) is 0 Å². The number of pyridine rings is 1. The standard InChI is InChI=1S/C21H22N.C19H36O2.Ir/c1-5-16(4)19-13-21(17-11-14(2)10-15(3)12-17)22-20-9-7-6-8-18(19)20;1-12(2)18(9,13(3)4)16(20)11-17(21)19(10,14(5)6)15(7)8;/h6-11,13,16H,5H2,1-4H3;11-15,20H,1-10H3;/q-1;;/b;16-11-;. The third-order valence-corrected chi connectivity index (χ3v) is 10.5. The van der Waals surface area contributed by atoms with E-state index in [-0.39, 0.29) is 60.7 Å². The van der Waals surface area contributed by atoms with Crippen molar-refractivity contribution >= 4 is 16.7 Å². The monoisotopic (exact) mass is 777 g/mol. The van der Waals surface area contributed by atoms with Crippen molar-refractivity contribution in [2.45, 2.75) is 109 Å². The molecule has 4 heteroatoms. The first-order valence-corrected chi connectivity index (χ1v) is 16.3. The van der Waals surface area contributed by atoms with Gasteiger partial charge in [-0.05, 0) is 53.3 Å². The van der Waals surface area contributed by atoms with Crippen molar-refractivity contribution in [2.24, 2.45) is 34.5 Å². The van der Waals surface area contributed by atoms with E-state index in [0.29, 0.717) is 5.92 Å². The summed E-state index contributed by atoms with van der Waals surface area (Å²) < 4.78 is 0. The van der Waals surface area contributed by atoms with E-state index < -0.39 is 5.41 Å². The number of allylic oxidation sites excluding steroid dienone is 2. The van der Waals surface area contributed by atoms with Crippen LogP contribution >= 0.6 is 0 Å². The number of ketones is 1. The number of para-hydroxylation sites is 1. The summed E-state index contributed by atoms with van der Waals surface area (Å²) in [6.07, 6.45) is 2.63. The Kier molecular flexibility index (Phi) is 14.7. The number of aryl methyl sites for hydroxylation is 2. The Balaban J connectivity index is 0.000000431. The zero-order valence-electron chi connectivity index (χ0n) is 29.8. The Bertz CT molecular complexity index is 1380. The van der Waals surface area contributed by atoms with Crippen molar-refractivity contribution in [2.75, 3.05) is 0 Å². The van der Waals surface area contributed by atoms with Crippen LogP contribution < -0.4 is 0 Å². The summed E-state index contributed by atoms with van der Waals surface area (Å²) in [6, 6.07) is 18.5. The van der Waals surface area contributed by atoms with Crippen molar-refractivity contribution in [1.82, 2.24) is 4.98 Å². The molecule has 0 aliphatic heterocycles. The molecule has 1 radical (unpaired) electrons. The van der Waals surface area contributed by atoms with E-state index in [4.69, 9.17) is 4.98 Å². The normalized spacial score (nSPS) is 13.3. The van der Waals surface area contributed by atoms with E-state index in [1.807, 2.05) is 13.8 Å². The molecular weight excluding hydrogens is 719 g/mol. The number of hydrogen-bond acceptors (Lipinski definition) is 3. The van der Waals surface area contributed by atoms with Gasteiger partial charge >= 0.3 is 0 Å². The molecule has 1 atom stereocenters. The Morgan fingerprint density at radius 3 is 1.86 bits per heavy atom. The van der Waals surface area contributed by atoms with Crippen LogP contribution in [0.25, 0.3) is 22.2 Å². The van der Waals surface area contributed by atoms with E-state index >= 15 is 0 Å². The quantitative estimate of drug-likeness (QED) is 0.127. The molecule has 245 valence electrons. The van der Waals surface area contributed by atoms with Crippen LogP contribution in [0, 0.1) is 54.4 Å². The minimum absolute atomic E-state index is 0. The average molecular weight is 777 g/mol. The number of rotatable bonds is 10. The molecule has 3 aromatic rings. The molecule has 1 unspecified atom stereocenters. The Hall–Kier alpha value is -2.29. The summed E-state index contributed by atoms with van der Waals surface area (Å²) in [5, 5.41) is 11.9. The third kappa shape index (κ3) is 8.70. The number of fused-ring (bicyclic) bond motifs is 1. The Morgan fingerprint density at radius 1 is 0.864 bits per heavy atom. The zero-order valence-corrected chi connectivity index (χ0v) is 32.2. The summed E-state index contributed by atoms with van der Waals surface area (Å²) in [7, 11) is 0. The molecule has 44 heavy (non-hydrogen) atoms. The summed E-state index contributed by atoms with van der Waals surface area (Å²) in [6.45, 7) is 29.5. The number of carbonyl (C=O) groups is 1. The van der Waals surface area contributed by atoms with Gasteiger partial charge in [-0.15, -0.1) is 34.9 Å². The zero-order chi connectivity index (χ0) is 32.9. The minimum atomic E-state index is -0.442. The molecule has 3 nitrogen and oxygen atoms in total. The number of benzene rings is 2. The van der Waals surface area contributed by atoms with Crippen LogP contribution in [0.2, 0.25) is 0 Å². The van der Waals surface area contributed by atoms with Gasteiger partial charge in [-0.25, -0.2) is 0 Å². The molecule has 1 N–H and O–H groups in total. The molecule has 0 saturated carbocycles. The SMILES string of the molecule is CC(C)C(C)(C(=O)/C=C(\O)C(C)(C(C)C)C(C)C)C(C)C.CCC(C)c1cc(-c2[c-]c(C)cc(C)c2)nc2ccccc12.[Ir]. The summed E-state index contributed by atoms with van der Waals surface area (Å²) in [4.78, 5) is 17.7. The van der Waals surface area contributed by atoms with E-state index in [1.54, 1.807) is 0 Å². The van der Waals surface area contributed by atoms with Gasteiger partial charge in [0.2, 0.25) is 0 Å². The molecule has 0 spiro atoms. The molecule has 0 bridgehead atoms. The van der Waals surface area contributed by atoms with Crippen LogP contribution in [0.5, 0.6) is 0 Å². The number of carbonyl (C=O) groups excluding carboxylic acids is 1. The van der Waals surface area contributed by atoms with Crippen molar-refractivity contribution < 1.29 is 30.0 Å². The number of nitrogens with zero attached hydrogens (tertiary/aromatic N) is 1. The fraction of sp³-hybridized carbons (Fsp3) is 0.550. The third-order valence-electron chi connectivity index (χ3n) is 10.5. The molecule has 1 aromatic heterocycles. The maximum Gasteiger partial charge on any atom is 0.165 e. The first kappa shape index (κ1) is 39.7. The number of aliphatic hydroxyl groups excluding tert-OH is 1. The van der Waals surface area contributed by atoms with E-state index in [0.717, 1.165) is 28.8 Å². The van der Waals surface area contributed by atoms with Crippen LogP contribution in [-0.2, 0) is 24.9 Å². The van der Waals surface area contributed by atoms with E-state index in [9.17, 15) is 9.90 Å². The predicted octanol–water partition coefficient (Wildman–Crippen LogP) is 11.5. The van der Waals surface area contributed by atoms with Crippen molar-refractivity contribution in [3.05, 3.63) is 77.1 Å². The van der Waals surface area contributed by atoms with Crippen molar-refractivity contribution in [3.8, 4) is 11.3 Å². The topological polar surface area (TPSA) is 50.2 Å². The first-order valence-electron chi connectivity index (χ1n) is 16.3. The fourth-order valence-electron chi connectivity index (χ4n) is 5.93. The fourth-order valence-corrected chi connectivity index (χ4v) is 5.93. The van der Waals surface area contributed by atoms with Crippen LogP contribution in [0.1, 0.15) is 112 Å². The summed E-state index contributed by atoms with van der Waals surface area (Å²) in [5.74, 6) is 1.80. The minimum Gasteiger partial charge on any atom is -0.512 e. The van der Waals surface area contributed by atoms with Gasteiger partial charge in [0, 0.05) is 42.4 Å². The second-order valence-electron chi connectivity index (χ2n) is 14.3. The smallest absolute Gasteiger partial charge is 0.165 e. The maximum atomic E-state index is 12.8. The first-order chi connectivity index (χ1) is 19.9. The van der Waals surface area contributed by atoms with Gasteiger partial charge in [0.05, 0.1) is 5.52 Å². The van der Waals surface area contributed by atoms with Gasteiger partial charge < -0.3 is 5.11 Å². The van der Waals surface area contributed by atoms with Gasteiger partial charge in [0.15, 0.2) is 5.78 Å². The number of hydrogen-bond donors (Lipinski definition) is 1. The molecule has 0 aliphatic carbocycles. The van der Waals surface area contributed by atoms with E-state index in [1.165, 1.54) is 22.6 Å². The largest absolute Gasteiger partial charge is 0.512 e. The molecule has 0 amide bonds. The molecule has 1 heterocycles. The second kappa shape index (κ2) is 16.3. The van der Waals surface area contributed by atoms with Crippen LogP contribution in [0.4, 0.5) is 0 Å². The average Bonchev–Trinajstić information content (AvgIpc) is 2.94. The number of aromatic nitrogens is 1. The molecule has 2 aromatic carbocycles. The Labute approximate surface area is 282 Å². The van der Waals surface area contributed by atoms with Crippen molar-refractivity contribution in [1.29, 1.82) is 0 Å². The summed E-state index contributed by atoms with van der Waals surface area (Å²) in [5.41, 5.74) is 6.18. The van der Waals surface area contributed by atoms with E-state index in [2.05, 4.69) is 132 Å². The van der Waals surface area contributed by atoms with Crippen LogP contribution in [-0.4, -0.2) is 15.9 Å². The second-order valence-corrected chi connectivity index (χ2v) is 14.3. The van der Waals surface area contributed by atoms with Gasteiger partial charge in [0.25, 0.3) is 0 Å². The van der Waals surface area contributed by atoms with Gasteiger partial charge in [-0.3, -0.25) is 9.78 Å². The van der Waals surface area contributed by atoms with Crippen molar-refractivity contribution in [3.63, 3.8) is 0 Å².